The molecule has 0 atom stereocenters. The minimum atomic E-state index is -1.63. The summed E-state index contributed by atoms with van der Waals surface area (Å²) in [6.45, 7) is 1.39. The van der Waals surface area contributed by atoms with Crippen molar-refractivity contribution in [3.8, 4) is 17.2 Å². The van der Waals surface area contributed by atoms with Crippen molar-refractivity contribution in [3.63, 3.8) is 0 Å². The zero-order valence-electron chi connectivity index (χ0n) is 12.3. The van der Waals surface area contributed by atoms with Gasteiger partial charge in [0.05, 0.1) is 0 Å². The third kappa shape index (κ3) is 3.08. The van der Waals surface area contributed by atoms with Gasteiger partial charge in [-0.3, -0.25) is 0 Å². The van der Waals surface area contributed by atoms with Crippen LogP contribution in [0.2, 0.25) is 0 Å². The molecule has 0 saturated heterocycles. The van der Waals surface area contributed by atoms with Crippen LogP contribution in [0.3, 0.4) is 0 Å². The molecule has 0 bridgehead atoms. The fraction of sp³-hybridized carbons (Fsp3) is 0.125. The van der Waals surface area contributed by atoms with E-state index in [0.717, 1.165) is 5.56 Å². The number of rotatable bonds is 4. The number of benzene rings is 2. The van der Waals surface area contributed by atoms with Crippen LogP contribution in [-0.4, -0.2) is 10.1 Å². The number of hydrogen-bond acceptors (Lipinski definition) is 4. The molecule has 24 heavy (non-hydrogen) atoms. The molecule has 3 aromatic rings. The summed E-state index contributed by atoms with van der Waals surface area (Å²) in [5.41, 5.74) is 1.69. The minimum Gasteiger partial charge on any atom is -0.479 e. The van der Waals surface area contributed by atoms with Gasteiger partial charge >= 0.3 is 0 Å². The van der Waals surface area contributed by atoms with Crippen molar-refractivity contribution in [2.75, 3.05) is 0 Å². The highest BCUT2D eigenvalue weighted by atomic mass is 19.2. The van der Waals surface area contributed by atoms with Crippen LogP contribution in [-0.2, 0) is 6.61 Å². The Morgan fingerprint density at radius 1 is 1.00 bits per heavy atom. The first kappa shape index (κ1) is 16.0. The number of aromatic nitrogens is 2. The summed E-state index contributed by atoms with van der Waals surface area (Å²) < 4.78 is 62.9. The van der Waals surface area contributed by atoms with Crippen LogP contribution in [0, 0.1) is 30.2 Å². The van der Waals surface area contributed by atoms with Crippen molar-refractivity contribution in [3.05, 3.63) is 65.0 Å². The Hall–Kier alpha value is -2.90. The average molecular weight is 338 g/mol. The van der Waals surface area contributed by atoms with Gasteiger partial charge in [0.15, 0.2) is 24.0 Å². The molecule has 0 unspecified atom stereocenters. The van der Waals surface area contributed by atoms with Crippen LogP contribution < -0.4 is 4.74 Å². The molecule has 124 valence electrons. The lowest BCUT2D eigenvalue weighted by Crippen LogP contribution is -2.04. The van der Waals surface area contributed by atoms with Gasteiger partial charge < -0.3 is 9.26 Å². The molecule has 8 heteroatoms. The molecular formula is C16H10F4N2O2. The Balaban J connectivity index is 1.78. The van der Waals surface area contributed by atoms with E-state index in [2.05, 4.69) is 10.1 Å². The largest absolute Gasteiger partial charge is 0.479 e. The fourth-order valence-electron chi connectivity index (χ4n) is 1.94. The maximum absolute atomic E-state index is 13.5. The summed E-state index contributed by atoms with van der Waals surface area (Å²) >= 11 is 0. The summed E-state index contributed by atoms with van der Waals surface area (Å²) in [6, 6.07) is 7.30. The smallest absolute Gasteiger partial charge is 0.258 e. The maximum Gasteiger partial charge on any atom is 0.258 e. The molecule has 0 aliphatic carbocycles. The zero-order valence-corrected chi connectivity index (χ0v) is 12.3. The second-order valence-electron chi connectivity index (χ2n) is 4.97. The summed E-state index contributed by atoms with van der Waals surface area (Å²) in [4.78, 5) is 3.99. The number of aryl methyl sites for hydroxylation is 1. The van der Waals surface area contributed by atoms with Gasteiger partial charge in [-0.1, -0.05) is 22.9 Å². The molecule has 0 N–H and O–H groups in total. The Bertz CT molecular complexity index is 852. The lowest BCUT2D eigenvalue weighted by atomic mass is 10.1. The lowest BCUT2D eigenvalue weighted by Gasteiger charge is -2.07. The fourth-order valence-corrected chi connectivity index (χ4v) is 1.94. The summed E-state index contributed by atoms with van der Waals surface area (Å²) in [7, 11) is 0. The van der Waals surface area contributed by atoms with Crippen LogP contribution in [0.25, 0.3) is 11.5 Å². The highest BCUT2D eigenvalue weighted by Gasteiger charge is 2.21. The predicted molar refractivity (Wildman–Crippen MR) is 75.1 cm³/mol. The third-order valence-electron chi connectivity index (χ3n) is 3.18. The van der Waals surface area contributed by atoms with Gasteiger partial charge in [0, 0.05) is 11.6 Å². The minimum absolute atomic E-state index is 0.0333. The van der Waals surface area contributed by atoms with Crippen LogP contribution in [0.4, 0.5) is 17.6 Å². The molecule has 2 aromatic carbocycles. The van der Waals surface area contributed by atoms with E-state index in [9.17, 15) is 17.6 Å². The molecule has 3 rings (SSSR count). The first-order chi connectivity index (χ1) is 11.5. The maximum atomic E-state index is 13.5. The van der Waals surface area contributed by atoms with Crippen molar-refractivity contribution < 1.29 is 26.8 Å². The highest BCUT2D eigenvalue weighted by Crippen LogP contribution is 2.27. The molecule has 0 aliphatic heterocycles. The van der Waals surface area contributed by atoms with Gasteiger partial charge in [-0.05, 0) is 19.1 Å². The normalized spacial score (nSPS) is 10.9. The van der Waals surface area contributed by atoms with Crippen molar-refractivity contribution in [1.29, 1.82) is 0 Å². The van der Waals surface area contributed by atoms with E-state index in [-0.39, 0.29) is 17.8 Å². The van der Waals surface area contributed by atoms with Gasteiger partial charge in [-0.25, -0.2) is 8.78 Å². The van der Waals surface area contributed by atoms with Gasteiger partial charge in [0.2, 0.25) is 17.5 Å². The Kier molecular flexibility index (Phi) is 4.20. The summed E-state index contributed by atoms with van der Waals surface area (Å²) in [5, 5.41) is 3.59. The van der Waals surface area contributed by atoms with E-state index in [1.165, 1.54) is 0 Å². The molecule has 4 nitrogen and oxygen atoms in total. The quantitative estimate of drug-likeness (QED) is 0.529. The van der Waals surface area contributed by atoms with Crippen molar-refractivity contribution in [1.82, 2.24) is 10.1 Å². The van der Waals surface area contributed by atoms with Crippen LogP contribution in [0.1, 0.15) is 11.4 Å². The topological polar surface area (TPSA) is 48.2 Å². The Morgan fingerprint density at radius 2 is 1.62 bits per heavy atom. The van der Waals surface area contributed by atoms with Crippen LogP contribution in [0.15, 0.2) is 34.9 Å². The van der Waals surface area contributed by atoms with Crippen molar-refractivity contribution >= 4 is 0 Å². The van der Waals surface area contributed by atoms with E-state index < -0.39 is 35.6 Å². The van der Waals surface area contributed by atoms with E-state index in [1.54, 1.807) is 12.1 Å². The monoisotopic (exact) mass is 338 g/mol. The lowest BCUT2D eigenvalue weighted by molar-refractivity contribution is 0.249. The highest BCUT2D eigenvalue weighted by molar-refractivity contribution is 5.53. The van der Waals surface area contributed by atoms with E-state index >= 15 is 0 Å². The SMILES string of the molecule is Cc1ccc(-c2nc(COc3c(F)c(F)cc(F)c3F)no2)cc1. The standard InChI is InChI=1S/C16H10F4N2O2/c1-8-2-4-9(5-3-8)16-21-12(22-24-16)7-23-15-13(19)10(17)6-11(18)14(15)20/h2-6H,7H2,1H3. The van der Waals surface area contributed by atoms with Crippen molar-refractivity contribution in [2.24, 2.45) is 0 Å². The molecule has 1 aromatic heterocycles. The number of ether oxygens (including phenoxy) is 1. The third-order valence-corrected chi connectivity index (χ3v) is 3.18. The van der Waals surface area contributed by atoms with Gasteiger partial charge in [0.25, 0.3) is 5.89 Å². The van der Waals surface area contributed by atoms with E-state index in [0.29, 0.717) is 5.56 Å². The number of nitrogens with zero attached hydrogens (tertiary/aromatic N) is 2. The molecule has 0 spiro atoms. The summed E-state index contributed by atoms with van der Waals surface area (Å²) in [5.74, 6) is -7.40. The molecule has 0 saturated carbocycles. The molecule has 0 amide bonds. The molecule has 0 fully saturated rings. The zero-order chi connectivity index (χ0) is 17.3. The average Bonchev–Trinajstić information content (AvgIpc) is 3.02. The molecule has 0 aliphatic rings. The molecule has 0 radical (unpaired) electrons. The second-order valence-corrected chi connectivity index (χ2v) is 4.97. The summed E-state index contributed by atoms with van der Waals surface area (Å²) in [6.07, 6.45) is 0. The second kappa shape index (κ2) is 6.31. The van der Waals surface area contributed by atoms with Gasteiger partial charge in [0.1, 0.15) is 0 Å². The molecular weight excluding hydrogens is 328 g/mol. The predicted octanol–water partition coefficient (Wildman–Crippen LogP) is 4.18. The Morgan fingerprint density at radius 3 is 2.25 bits per heavy atom. The van der Waals surface area contributed by atoms with E-state index in [4.69, 9.17) is 9.26 Å². The first-order valence-corrected chi connectivity index (χ1v) is 6.81. The number of halogens is 4. The van der Waals surface area contributed by atoms with Crippen LogP contribution in [0.5, 0.6) is 5.75 Å². The van der Waals surface area contributed by atoms with Crippen molar-refractivity contribution in [2.45, 2.75) is 13.5 Å². The van der Waals surface area contributed by atoms with Gasteiger partial charge in [-0.2, -0.15) is 13.8 Å². The number of hydrogen-bond donors (Lipinski definition) is 0. The van der Waals surface area contributed by atoms with Crippen LogP contribution >= 0.6 is 0 Å². The molecule has 1 heterocycles. The van der Waals surface area contributed by atoms with E-state index in [1.807, 2.05) is 19.1 Å². The Labute approximate surface area is 133 Å². The first-order valence-electron chi connectivity index (χ1n) is 6.81. The van der Waals surface area contributed by atoms with Gasteiger partial charge in [-0.15, -0.1) is 0 Å².